The van der Waals surface area contributed by atoms with Crippen LogP contribution in [0.4, 0.5) is 0 Å². The van der Waals surface area contributed by atoms with E-state index in [2.05, 4.69) is 47.7 Å². The normalized spacial score (nSPS) is 23.4. The Morgan fingerprint density at radius 2 is 1.65 bits per heavy atom. The van der Waals surface area contributed by atoms with Gasteiger partial charge in [-0.2, -0.15) is 0 Å². The van der Waals surface area contributed by atoms with Crippen molar-refractivity contribution in [2.45, 2.75) is 103 Å². The maximum atomic E-state index is 10.9. The molecule has 20 heavy (non-hydrogen) atoms. The molecule has 1 N–H and O–H groups in total. The van der Waals surface area contributed by atoms with E-state index in [-0.39, 0.29) is 22.7 Å². The van der Waals surface area contributed by atoms with E-state index in [1.54, 1.807) is 0 Å². The van der Waals surface area contributed by atoms with E-state index in [9.17, 15) is 5.11 Å². The van der Waals surface area contributed by atoms with Gasteiger partial charge in [0.25, 0.3) is 0 Å². The quantitative estimate of drug-likeness (QED) is 0.714. The van der Waals surface area contributed by atoms with Crippen molar-refractivity contribution < 1.29 is 9.53 Å². The lowest BCUT2D eigenvalue weighted by atomic mass is 9.67. The Labute approximate surface area is 127 Å². The molecule has 1 unspecified atom stereocenters. The van der Waals surface area contributed by atoms with E-state index in [1.165, 1.54) is 19.3 Å². The molecular weight excluding hydrogens is 264 g/mol. The molecule has 1 aliphatic rings. The number of aliphatic hydroxyl groups excluding tert-OH is 1. The molecule has 0 aromatic heterocycles. The van der Waals surface area contributed by atoms with Gasteiger partial charge in [0.15, 0.2) is 8.32 Å². The molecule has 2 atom stereocenters. The van der Waals surface area contributed by atoms with Gasteiger partial charge in [0.05, 0.1) is 12.2 Å². The van der Waals surface area contributed by atoms with Gasteiger partial charge in [-0.15, -0.1) is 0 Å². The summed E-state index contributed by atoms with van der Waals surface area (Å²) in [4.78, 5) is 0. The first-order chi connectivity index (χ1) is 9.06. The molecule has 3 heteroatoms. The highest BCUT2D eigenvalue weighted by Crippen LogP contribution is 2.45. The van der Waals surface area contributed by atoms with Crippen molar-refractivity contribution in [2.24, 2.45) is 5.41 Å². The van der Waals surface area contributed by atoms with E-state index in [4.69, 9.17) is 4.43 Å². The van der Waals surface area contributed by atoms with Crippen LogP contribution in [-0.2, 0) is 4.43 Å². The second-order valence-corrected chi connectivity index (χ2v) is 13.1. The van der Waals surface area contributed by atoms with Crippen molar-refractivity contribution in [1.82, 2.24) is 0 Å². The summed E-state index contributed by atoms with van der Waals surface area (Å²) < 4.78 is 6.43. The topological polar surface area (TPSA) is 29.5 Å². The highest BCUT2D eigenvalue weighted by Gasteiger charge is 2.44. The van der Waals surface area contributed by atoms with Gasteiger partial charge in [0.2, 0.25) is 0 Å². The van der Waals surface area contributed by atoms with E-state index in [1.807, 2.05) is 0 Å². The molecule has 1 rings (SSSR count). The third-order valence-corrected chi connectivity index (χ3v) is 10.5. The minimum absolute atomic E-state index is 0.0473. The molecule has 0 spiro atoms. The first kappa shape index (κ1) is 18.2. The monoisotopic (exact) mass is 300 g/mol. The number of aliphatic hydroxyl groups is 1. The van der Waals surface area contributed by atoms with Crippen LogP contribution in [0.5, 0.6) is 0 Å². The molecule has 1 saturated carbocycles. The van der Waals surface area contributed by atoms with Crippen LogP contribution < -0.4 is 0 Å². The fraction of sp³-hybridized carbons (Fsp3) is 1.00. The number of rotatable bonds is 5. The summed E-state index contributed by atoms with van der Waals surface area (Å²) in [5.41, 5.74) is 0.0973. The van der Waals surface area contributed by atoms with Crippen molar-refractivity contribution in [3.63, 3.8) is 0 Å². The van der Waals surface area contributed by atoms with Crippen LogP contribution in [0.2, 0.25) is 18.1 Å². The van der Waals surface area contributed by atoms with Crippen LogP contribution >= 0.6 is 0 Å². The second kappa shape index (κ2) is 6.49. The van der Waals surface area contributed by atoms with Crippen LogP contribution in [0.25, 0.3) is 0 Å². The summed E-state index contributed by atoms with van der Waals surface area (Å²) in [7, 11) is -1.80. The Kier molecular flexibility index (Phi) is 5.90. The summed E-state index contributed by atoms with van der Waals surface area (Å²) in [5, 5.41) is 11.1. The van der Waals surface area contributed by atoms with Gasteiger partial charge in [-0.25, -0.2) is 0 Å². The van der Waals surface area contributed by atoms with Gasteiger partial charge in [-0.1, -0.05) is 47.0 Å². The Hall–Kier alpha value is 0.137. The number of hydrogen-bond donors (Lipinski definition) is 1. The molecule has 0 aliphatic heterocycles. The van der Waals surface area contributed by atoms with Gasteiger partial charge in [0, 0.05) is 0 Å². The fourth-order valence-corrected chi connectivity index (χ4v) is 4.73. The van der Waals surface area contributed by atoms with Gasteiger partial charge < -0.3 is 9.53 Å². The predicted molar refractivity (Wildman–Crippen MR) is 89.6 cm³/mol. The van der Waals surface area contributed by atoms with Crippen molar-refractivity contribution in [3.05, 3.63) is 0 Å². The predicted octanol–water partition coefficient (Wildman–Crippen LogP) is 5.12. The molecule has 2 nitrogen and oxygen atoms in total. The summed E-state index contributed by atoms with van der Waals surface area (Å²) in [6, 6.07) is 0. The van der Waals surface area contributed by atoms with Crippen LogP contribution in [0, 0.1) is 5.41 Å². The highest BCUT2D eigenvalue weighted by atomic mass is 28.4. The Morgan fingerprint density at radius 1 is 1.15 bits per heavy atom. The molecule has 1 fully saturated rings. The van der Waals surface area contributed by atoms with Crippen molar-refractivity contribution in [3.8, 4) is 0 Å². The minimum atomic E-state index is -1.80. The molecular formula is C17H36O2Si. The smallest absolute Gasteiger partial charge is 0.192 e. The molecule has 0 bridgehead atoms. The average Bonchev–Trinajstić information content (AvgIpc) is 2.36. The third kappa shape index (κ3) is 3.86. The summed E-state index contributed by atoms with van der Waals surface area (Å²) in [5.74, 6) is 0. The second-order valence-electron chi connectivity index (χ2n) is 8.30. The van der Waals surface area contributed by atoms with Crippen molar-refractivity contribution >= 4 is 8.32 Å². The van der Waals surface area contributed by atoms with Gasteiger partial charge >= 0.3 is 0 Å². The van der Waals surface area contributed by atoms with E-state index in [0.29, 0.717) is 0 Å². The van der Waals surface area contributed by atoms with Gasteiger partial charge in [0.1, 0.15) is 0 Å². The Bertz CT molecular complexity index is 301. The van der Waals surface area contributed by atoms with Gasteiger partial charge in [-0.05, 0) is 49.7 Å². The van der Waals surface area contributed by atoms with E-state index >= 15 is 0 Å². The molecule has 120 valence electrons. The lowest BCUT2D eigenvalue weighted by molar-refractivity contribution is -0.0716. The molecule has 0 radical (unpaired) electrons. The summed E-state index contributed by atoms with van der Waals surface area (Å²) in [6.07, 6.45) is 6.88. The molecule has 1 aliphatic carbocycles. The average molecular weight is 301 g/mol. The Morgan fingerprint density at radius 3 is 2.05 bits per heavy atom. The van der Waals surface area contributed by atoms with E-state index in [0.717, 1.165) is 19.3 Å². The molecule has 0 saturated heterocycles. The van der Waals surface area contributed by atoms with Gasteiger partial charge in [-0.3, -0.25) is 0 Å². The summed E-state index contributed by atoms with van der Waals surface area (Å²) >= 11 is 0. The van der Waals surface area contributed by atoms with Crippen molar-refractivity contribution in [1.29, 1.82) is 0 Å². The zero-order valence-corrected chi connectivity index (χ0v) is 15.8. The zero-order valence-electron chi connectivity index (χ0n) is 14.8. The van der Waals surface area contributed by atoms with Crippen LogP contribution in [-0.4, -0.2) is 25.6 Å². The SMILES string of the molecule is CCC1(C(O)[C@H](C)O[Si](C)(C)C(C)(C)C)CCCCC1. The fourth-order valence-electron chi connectivity index (χ4n) is 3.32. The molecule has 0 amide bonds. The molecule has 0 heterocycles. The third-order valence-electron chi connectivity index (χ3n) is 5.91. The van der Waals surface area contributed by atoms with Crippen molar-refractivity contribution in [2.75, 3.05) is 0 Å². The maximum absolute atomic E-state index is 10.9. The van der Waals surface area contributed by atoms with E-state index < -0.39 is 8.32 Å². The first-order valence-electron chi connectivity index (χ1n) is 8.42. The largest absolute Gasteiger partial charge is 0.412 e. The molecule has 0 aromatic carbocycles. The summed E-state index contributed by atoms with van der Waals surface area (Å²) in [6.45, 7) is 15.6. The lowest BCUT2D eigenvalue weighted by Crippen LogP contribution is -2.51. The van der Waals surface area contributed by atoms with Crippen LogP contribution in [0.1, 0.15) is 73.1 Å². The van der Waals surface area contributed by atoms with Crippen LogP contribution in [0.3, 0.4) is 0 Å². The standard InChI is InChI=1S/C17H36O2Si/c1-8-17(12-10-9-11-13-17)15(18)14(2)19-20(6,7)16(3,4)5/h14-15,18H,8-13H2,1-7H3/t14-,15?/m0/s1. The maximum Gasteiger partial charge on any atom is 0.192 e. The number of hydrogen-bond acceptors (Lipinski definition) is 2. The Balaban J connectivity index is 2.77. The highest BCUT2D eigenvalue weighted by molar-refractivity contribution is 6.74. The van der Waals surface area contributed by atoms with Crippen LogP contribution in [0.15, 0.2) is 0 Å². The zero-order chi connectivity index (χ0) is 15.6. The first-order valence-corrected chi connectivity index (χ1v) is 11.3. The minimum Gasteiger partial charge on any atom is -0.412 e. The lowest BCUT2D eigenvalue weighted by Gasteiger charge is -2.46. The molecule has 0 aromatic rings.